The largest absolute Gasteiger partial charge is 0.360 e. The van der Waals surface area contributed by atoms with Gasteiger partial charge in [-0.15, -0.1) is 0 Å². The van der Waals surface area contributed by atoms with E-state index in [-0.39, 0.29) is 0 Å². The number of hydrogen-bond donors (Lipinski definition) is 1. The van der Waals surface area contributed by atoms with E-state index in [2.05, 4.69) is 21.6 Å². The predicted octanol–water partition coefficient (Wildman–Crippen LogP) is 2.30. The average Bonchev–Trinajstić information content (AvgIpc) is 2.87. The van der Waals surface area contributed by atoms with Gasteiger partial charge in [0.25, 0.3) is 0 Å². The van der Waals surface area contributed by atoms with E-state index < -0.39 is 0 Å². The molecule has 1 aliphatic rings. The molecule has 1 atom stereocenters. The van der Waals surface area contributed by atoms with Gasteiger partial charge in [0.1, 0.15) is 5.82 Å². The molecule has 1 aliphatic carbocycles. The Bertz CT molecular complexity index is 280. The Hall–Kier alpha value is -0.640. The van der Waals surface area contributed by atoms with Gasteiger partial charge in [-0.05, 0) is 31.6 Å². The Balaban J connectivity index is 1.78. The Morgan fingerprint density at radius 3 is 2.92 bits per heavy atom. The fourth-order valence-corrected chi connectivity index (χ4v) is 2.03. The molecular weight excluding hydrogens is 182 g/mol. The third kappa shape index (κ3) is 2.40. The van der Waals surface area contributed by atoms with E-state index >= 15 is 0 Å². The van der Waals surface area contributed by atoms with Crippen LogP contribution in [0.4, 0.5) is 5.13 Å². The molecule has 1 N–H and O–H groups in total. The van der Waals surface area contributed by atoms with Gasteiger partial charge in [0.2, 0.25) is 5.13 Å². The molecule has 0 radical (unpaired) electrons. The summed E-state index contributed by atoms with van der Waals surface area (Å²) in [5.74, 6) is 2.61. The van der Waals surface area contributed by atoms with Crippen LogP contribution in [0, 0.1) is 18.8 Å². The molecule has 0 amide bonds. The molecule has 72 valence electrons. The van der Waals surface area contributed by atoms with Crippen molar-refractivity contribution in [2.45, 2.75) is 26.7 Å². The summed E-state index contributed by atoms with van der Waals surface area (Å²) in [6, 6.07) is 0. The summed E-state index contributed by atoms with van der Waals surface area (Å²) < 4.78 is 4.12. The molecule has 1 heterocycles. The predicted molar refractivity (Wildman–Crippen MR) is 55.0 cm³/mol. The second kappa shape index (κ2) is 3.62. The highest BCUT2D eigenvalue weighted by Gasteiger charge is 2.27. The van der Waals surface area contributed by atoms with Crippen molar-refractivity contribution in [1.82, 2.24) is 9.36 Å². The summed E-state index contributed by atoms with van der Waals surface area (Å²) in [4.78, 5) is 4.26. The molecule has 0 saturated heterocycles. The summed E-state index contributed by atoms with van der Waals surface area (Å²) in [5.41, 5.74) is 0. The van der Waals surface area contributed by atoms with Gasteiger partial charge in [0, 0.05) is 18.1 Å². The molecule has 0 aromatic carbocycles. The van der Waals surface area contributed by atoms with Crippen molar-refractivity contribution in [3.05, 3.63) is 5.82 Å². The zero-order chi connectivity index (χ0) is 9.26. The van der Waals surface area contributed by atoms with E-state index in [4.69, 9.17) is 0 Å². The number of hydrogen-bond acceptors (Lipinski definition) is 4. The first-order valence-electron chi connectivity index (χ1n) is 4.80. The van der Waals surface area contributed by atoms with Crippen molar-refractivity contribution in [1.29, 1.82) is 0 Å². The summed E-state index contributed by atoms with van der Waals surface area (Å²) in [6.07, 6.45) is 2.83. The standard InChI is InChI=1S/C9H15N3S/c1-6(8-3-4-8)5-10-9-11-7(2)12-13-9/h6,8H,3-5H2,1-2H3,(H,10,11,12). The fraction of sp³-hybridized carbons (Fsp3) is 0.778. The molecule has 4 heteroatoms. The lowest BCUT2D eigenvalue weighted by Gasteiger charge is -2.09. The lowest BCUT2D eigenvalue weighted by Crippen LogP contribution is -2.12. The summed E-state index contributed by atoms with van der Waals surface area (Å²) >= 11 is 1.45. The Labute approximate surface area is 82.8 Å². The molecule has 13 heavy (non-hydrogen) atoms. The van der Waals surface area contributed by atoms with Crippen LogP contribution in [0.25, 0.3) is 0 Å². The first kappa shape index (κ1) is 8.94. The smallest absolute Gasteiger partial charge is 0.202 e. The lowest BCUT2D eigenvalue weighted by atomic mass is 10.1. The normalized spacial score (nSPS) is 18.6. The van der Waals surface area contributed by atoms with Gasteiger partial charge in [-0.2, -0.15) is 4.37 Å². The van der Waals surface area contributed by atoms with E-state index in [9.17, 15) is 0 Å². The van der Waals surface area contributed by atoms with E-state index in [0.29, 0.717) is 0 Å². The van der Waals surface area contributed by atoms with Gasteiger partial charge in [-0.25, -0.2) is 4.98 Å². The average molecular weight is 197 g/mol. The highest BCUT2D eigenvalue weighted by atomic mass is 32.1. The van der Waals surface area contributed by atoms with Gasteiger partial charge >= 0.3 is 0 Å². The van der Waals surface area contributed by atoms with Crippen LogP contribution in [0.15, 0.2) is 0 Å². The quantitative estimate of drug-likeness (QED) is 0.805. The molecule has 3 nitrogen and oxygen atoms in total. The lowest BCUT2D eigenvalue weighted by molar-refractivity contribution is 0.536. The number of aryl methyl sites for hydroxylation is 1. The van der Waals surface area contributed by atoms with Crippen LogP contribution in [-0.4, -0.2) is 15.9 Å². The maximum atomic E-state index is 4.26. The van der Waals surface area contributed by atoms with Crippen molar-refractivity contribution < 1.29 is 0 Å². The molecular formula is C9H15N3S. The van der Waals surface area contributed by atoms with Crippen LogP contribution >= 0.6 is 11.5 Å². The fourth-order valence-electron chi connectivity index (χ4n) is 1.45. The first-order valence-corrected chi connectivity index (χ1v) is 5.57. The topological polar surface area (TPSA) is 37.8 Å². The van der Waals surface area contributed by atoms with Crippen molar-refractivity contribution >= 4 is 16.7 Å². The van der Waals surface area contributed by atoms with Crippen LogP contribution < -0.4 is 5.32 Å². The van der Waals surface area contributed by atoms with Crippen molar-refractivity contribution in [3.8, 4) is 0 Å². The minimum absolute atomic E-state index is 0.782. The number of nitrogens with one attached hydrogen (secondary N) is 1. The molecule has 1 aromatic rings. The van der Waals surface area contributed by atoms with E-state index in [1.54, 1.807) is 0 Å². The Kier molecular flexibility index (Phi) is 2.49. The van der Waals surface area contributed by atoms with Crippen molar-refractivity contribution in [2.24, 2.45) is 11.8 Å². The zero-order valence-electron chi connectivity index (χ0n) is 8.08. The van der Waals surface area contributed by atoms with E-state index in [0.717, 1.165) is 29.3 Å². The maximum absolute atomic E-state index is 4.26. The second-order valence-corrected chi connectivity index (χ2v) is 4.59. The Morgan fingerprint density at radius 2 is 2.38 bits per heavy atom. The molecule has 1 fully saturated rings. The minimum atomic E-state index is 0.782. The third-order valence-electron chi connectivity index (χ3n) is 2.53. The minimum Gasteiger partial charge on any atom is -0.360 e. The highest BCUT2D eigenvalue weighted by molar-refractivity contribution is 7.09. The zero-order valence-corrected chi connectivity index (χ0v) is 8.90. The summed E-state index contributed by atoms with van der Waals surface area (Å²) in [7, 11) is 0. The molecule has 1 unspecified atom stereocenters. The molecule has 0 aliphatic heterocycles. The SMILES string of the molecule is Cc1nsc(NCC(C)C2CC2)n1. The van der Waals surface area contributed by atoms with Gasteiger partial charge in [-0.3, -0.25) is 0 Å². The second-order valence-electron chi connectivity index (χ2n) is 3.84. The van der Waals surface area contributed by atoms with E-state index in [1.165, 1.54) is 24.4 Å². The molecule has 0 bridgehead atoms. The van der Waals surface area contributed by atoms with Crippen LogP contribution in [-0.2, 0) is 0 Å². The van der Waals surface area contributed by atoms with Crippen LogP contribution in [0.5, 0.6) is 0 Å². The van der Waals surface area contributed by atoms with Gasteiger partial charge in [-0.1, -0.05) is 6.92 Å². The Morgan fingerprint density at radius 1 is 1.62 bits per heavy atom. The molecule has 1 aromatic heterocycles. The van der Waals surface area contributed by atoms with Crippen LogP contribution in [0.2, 0.25) is 0 Å². The summed E-state index contributed by atoms with van der Waals surface area (Å²) in [5, 5.41) is 4.29. The maximum Gasteiger partial charge on any atom is 0.202 e. The number of aromatic nitrogens is 2. The first-order chi connectivity index (χ1) is 6.25. The molecule has 1 saturated carbocycles. The number of anilines is 1. The number of rotatable bonds is 4. The monoisotopic (exact) mass is 197 g/mol. The molecule has 0 spiro atoms. The van der Waals surface area contributed by atoms with Gasteiger partial charge in [0.05, 0.1) is 0 Å². The number of nitrogens with zero attached hydrogens (tertiary/aromatic N) is 2. The van der Waals surface area contributed by atoms with Crippen LogP contribution in [0.1, 0.15) is 25.6 Å². The van der Waals surface area contributed by atoms with Crippen molar-refractivity contribution in [2.75, 3.05) is 11.9 Å². The van der Waals surface area contributed by atoms with E-state index in [1.807, 2.05) is 6.92 Å². The highest BCUT2D eigenvalue weighted by Crippen LogP contribution is 2.36. The van der Waals surface area contributed by atoms with Gasteiger partial charge < -0.3 is 5.32 Å². The van der Waals surface area contributed by atoms with Gasteiger partial charge in [0.15, 0.2) is 0 Å². The molecule has 2 rings (SSSR count). The van der Waals surface area contributed by atoms with Crippen molar-refractivity contribution in [3.63, 3.8) is 0 Å². The summed E-state index contributed by atoms with van der Waals surface area (Å²) in [6.45, 7) is 5.27. The van der Waals surface area contributed by atoms with Crippen LogP contribution in [0.3, 0.4) is 0 Å². The third-order valence-corrected chi connectivity index (χ3v) is 3.29.